The van der Waals surface area contributed by atoms with Gasteiger partial charge in [0.05, 0.1) is 24.6 Å². The van der Waals surface area contributed by atoms with Gasteiger partial charge in [0.15, 0.2) is 0 Å². The Balaban J connectivity index is 1.31. The number of carbonyl (C=O) groups excluding carboxylic acids is 2. The maximum atomic E-state index is 12.9. The van der Waals surface area contributed by atoms with Gasteiger partial charge in [0.25, 0.3) is 0 Å². The largest absolute Gasteiger partial charge is 0.378 e. The van der Waals surface area contributed by atoms with Gasteiger partial charge < -0.3 is 19.9 Å². The van der Waals surface area contributed by atoms with E-state index >= 15 is 0 Å². The lowest BCUT2D eigenvalue weighted by atomic mass is 9.95. The molecule has 4 rings (SSSR count). The minimum absolute atomic E-state index is 0.000347. The maximum Gasteiger partial charge on any atom is 0.246 e. The second kappa shape index (κ2) is 10.3. The summed E-state index contributed by atoms with van der Waals surface area (Å²) in [7, 11) is 0. The first-order valence-electron chi connectivity index (χ1n) is 11.0. The van der Waals surface area contributed by atoms with E-state index in [2.05, 4.69) is 10.2 Å². The van der Waals surface area contributed by atoms with E-state index in [9.17, 15) is 9.59 Å². The van der Waals surface area contributed by atoms with Crippen LogP contribution in [0.1, 0.15) is 18.4 Å². The van der Waals surface area contributed by atoms with Crippen molar-refractivity contribution in [1.82, 2.24) is 4.90 Å². The number of benzene rings is 2. The normalized spacial score (nSPS) is 17.7. The van der Waals surface area contributed by atoms with Crippen molar-refractivity contribution < 1.29 is 14.3 Å². The highest BCUT2D eigenvalue weighted by molar-refractivity contribution is 5.96. The lowest BCUT2D eigenvalue weighted by Gasteiger charge is -2.32. The number of hydrogen-bond acceptors (Lipinski definition) is 4. The summed E-state index contributed by atoms with van der Waals surface area (Å²) in [6.45, 7) is 4.25. The van der Waals surface area contributed by atoms with E-state index in [0.717, 1.165) is 30.0 Å². The van der Waals surface area contributed by atoms with Crippen LogP contribution in [0.3, 0.4) is 0 Å². The molecular weight excluding hydrogens is 390 g/mol. The van der Waals surface area contributed by atoms with E-state index < -0.39 is 0 Å². The molecule has 6 nitrogen and oxygen atoms in total. The molecular formula is C25H29N3O3. The van der Waals surface area contributed by atoms with Crippen LogP contribution in [0.2, 0.25) is 0 Å². The standard InChI is InChI=1S/C25H29N3O3/c29-24(11-10-20-6-2-1-3-7-20)28-14-12-21(13-15-28)25(30)26-22-8-4-5-9-23(22)27-16-18-31-19-17-27/h1-11,21H,12-19H2,(H,26,30)/b11-10+. The lowest BCUT2D eigenvalue weighted by molar-refractivity contribution is -0.130. The number of piperidine rings is 1. The van der Waals surface area contributed by atoms with E-state index in [4.69, 9.17) is 4.74 Å². The van der Waals surface area contributed by atoms with Crippen molar-refractivity contribution in [3.63, 3.8) is 0 Å². The number of likely N-dealkylation sites (tertiary alicyclic amines) is 1. The molecule has 0 aromatic heterocycles. The number of ether oxygens (including phenoxy) is 1. The first-order chi connectivity index (χ1) is 15.2. The number of morpholine rings is 1. The zero-order chi connectivity index (χ0) is 21.5. The Bertz CT molecular complexity index is 915. The molecule has 31 heavy (non-hydrogen) atoms. The summed E-state index contributed by atoms with van der Waals surface area (Å²) in [5.41, 5.74) is 2.89. The molecule has 0 spiro atoms. The molecule has 0 radical (unpaired) electrons. The Morgan fingerprint density at radius 1 is 0.903 bits per heavy atom. The highest BCUT2D eigenvalue weighted by atomic mass is 16.5. The molecule has 2 heterocycles. The van der Waals surface area contributed by atoms with Gasteiger partial charge in [-0.25, -0.2) is 0 Å². The van der Waals surface area contributed by atoms with Crippen molar-refractivity contribution >= 4 is 29.3 Å². The van der Waals surface area contributed by atoms with Crippen LogP contribution >= 0.6 is 0 Å². The van der Waals surface area contributed by atoms with Crippen LogP contribution in [0.5, 0.6) is 0 Å². The number of carbonyl (C=O) groups is 2. The number of nitrogens with one attached hydrogen (secondary N) is 1. The fraction of sp³-hybridized carbons (Fsp3) is 0.360. The molecule has 2 amide bonds. The summed E-state index contributed by atoms with van der Waals surface area (Å²) < 4.78 is 5.44. The summed E-state index contributed by atoms with van der Waals surface area (Å²) in [6.07, 6.45) is 4.81. The molecule has 2 aliphatic heterocycles. The smallest absolute Gasteiger partial charge is 0.246 e. The van der Waals surface area contributed by atoms with Crippen LogP contribution in [-0.2, 0) is 14.3 Å². The first-order valence-corrected chi connectivity index (χ1v) is 11.0. The van der Waals surface area contributed by atoms with E-state index in [-0.39, 0.29) is 17.7 Å². The highest BCUT2D eigenvalue weighted by Crippen LogP contribution is 2.28. The quantitative estimate of drug-likeness (QED) is 0.755. The van der Waals surface area contributed by atoms with Crippen molar-refractivity contribution in [3.8, 4) is 0 Å². The zero-order valence-electron chi connectivity index (χ0n) is 17.7. The third kappa shape index (κ3) is 5.52. The average Bonchev–Trinajstić information content (AvgIpc) is 2.84. The summed E-state index contributed by atoms with van der Waals surface area (Å²) >= 11 is 0. The number of nitrogens with zero attached hydrogens (tertiary/aromatic N) is 2. The maximum absolute atomic E-state index is 12.9. The van der Waals surface area contributed by atoms with Gasteiger partial charge >= 0.3 is 0 Å². The molecule has 0 atom stereocenters. The molecule has 1 N–H and O–H groups in total. The minimum atomic E-state index is -0.0834. The third-order valence-electron chi connectivity index (χ3n) is 5.91. The number of hydrogen-bond donors (Lipinski definition) is 1. The number of amides is 2. The summed E-state index contributed by atoms with van der Waals surface area (Å²) in [5.74, 6) is -0.0482. The molecule has 2 aromatic carbocycles. The van der Waals surface area contributed by atoms with E-state index in [1.807, 2.05) is 65.6 Å². The van der Waals surface area contributed by atoms with E-state index in [1.165, 1.54) is 0 Å². The summed E-state index contributed by atoms with van der Waals surface area (Å²) in [4.78, 5) is 29.5. The van der Waals surface area contributed by atoms with Gasteiger partial charge in [-0.15, -0.1) is 0 Å². The van der Waals surface area contributed by atoms with E-state index in [0.29, 0.717) is 39.1 Å². The Hall–Kier alpha value is -3.12. The summed E-state index contributed by atoms with van der Waals surface area (Å²) in [5, 5.41) is 3.13. The molecule has 6 heteroatoms. The molecule has 0 aliphatic carbocycles. The van der Waals surface area contributed by atoms with Gasteiger partial charge in [-0.2, -0.15) is 0 Å². The number of para-hydroxylation sites is 2. The van der Waals surface area contributed by atoms with Crippen LogP contribution in [0.4, 0.5) is 11.4 Å². The molecule has 162 valence electrons. The van der Waals surface area contributed by atoms with Crippen LogP contribution < -0.4 is 10.2 Å². The molecule has 2 fully saturated rings. The Morgan fingerprint density at radius 2 is 1.58 bits per heavy atom. The van der Waals surface area contributed by atoms with Gasteiger partial charge in [-0.05, 0) is 36.6 Å². The van der Waals surface area contributed by atoms with E-state index in [1.54, 1.807) is 6.08 Å². The monoisotopic (exact) mass is 419 g/mol. The minimum Gasteiger partial charge on any atom is -0.378 e. The van der Waals surface area contributed by atoms with Crippen LogP contribution in [0, 0.1) is 5.92 Å². The topological polar surface area (TPSA) is 61.9 Å². The second-order valence-electron chi connectivity index (χ2n) is 7.95. The van der Waals surface area contributed by atoms with Gasteiger partial charge in [0.1, 0.15) is 0 Å². The molecule has 0 unspecified atom stereocenters. The Kier molecular flexibility index (Phi) is 6.99. The molecule has 2 aliphatic rings. The van der Waals surface area contributed by atoms with Crippen LogP contribution in [0.15, 0.2) is 60.7 Å². The number of anilines is 2. The predicted octanol–water partition coefficient (Wildman–Crippen LogP) is 3.41. The predicted molar refractivity (Wildman–Crippen MR) is 123 cm³/mol. The average molecular weight is 420 g/mol. The van der Waals surface area contributed by atoms with Crippen molar-refractivity contribution in [3.05, 3.63) is 66.2 Å². The Labute approximate surface area is 183 Å². The van der Waals surface area contributed by atoms with Gasteiger partial charge in [0, 0.05) is 38.2 Å². The fourth-order valence-corrected chi connectivity index (χ4v) is 4.09. The molecule has 2 aromatic rings. The van der Waals surface area contributed by atoms with Crippen LogP contribution in [0.25, 0.3) is 6.08 Å². The zero-order valence-corrected chi connectivity index (χ0v) is 17.7. The van der Waals surface area contributed by atoms with Crippen LogP contribution in [-0.4, -0.2) is 56.1 Å². The SMILES string of the molecule is O=C(Nc1ccccc1N1CCOCC1)C1CCN(C(=O)/C=C/c2ccccc2)CC1. The van der Waals surface area contributed by atoms with Gasteiger partial charge in [0.2, 0.25) is 11.8 Å². The lowest BCUT2D eigenvalue weighted by Crippen LogP contribution is -2.41. The van der Waals surface area contributed by atoms with Crippen molar-refractivity contribution in [1.29, 1.82) is 0 Å². The second-order valence-corrected chi connectivity index (χ2v) is 7.95. The van der Waals surface area contributed by atoms with Crippen molar-refractivity contribution in [2.45, 2.75) is 12.8 Å². The third-order valence-corrected chi connectivity index (χ3v) is 5.91. The number of rotatable bonds is 5. The Morgan fingerprint density at radius 3 is 2.32 bits per heavy atom. The van der Waals surface area contributed by atoms with Crippen molar-refractivity contribution in [2.75, 3.05) is 49.6 Å². The van der Waals surface area contributed by atoms with Crippen molar-refractivity contribution in [2.24, 2.45) is 5.92 Å². The van der Waals surface area contributed by atoms with Gasteiger partial charge in [-0.1, -0.05) is 42.5 Å². The van der Waals surface area contributed by atoms with Gasteiger partial charge in [-0.3, -0.25) is 9.59 Å². The fourth-order valence-electron chi connectivity index (χ4n) is 4.09. The molecule has 2 saturated heterocycles. The molecule has 0 bridgehead atoms. The molecule has 0 saturated carbocycles. The highest BCUT2D eigenvalue weighted by Gasteiger charge is 2.27. The first kappa shape index (κ1) is 21.1. The summed E-state index contributed by atoms with van der Waals surface area (Å²) in [6, 6.07) is 17.7.